The molecule has 0 aromatic heterocycles. The molecule has 0 radical (unpaired) electrons. The van der Waals surface area contributed by atoms with E-state index in [1.807, 2.05) is 36.4 Å². The topological polar surface area (TPSA) is 32.8 Å². The average Bonchev–Trinajstić information content (AvgIpc) is 3.13. The molecule has 2 atom stereocenters. The van der Waals surface area contributed by atoms with Crippen molar-refractivity contribution in [2.24, 2.45) is 5.41 Å². The highest BCUT2D eigenvalue weighted by Crippen LogP contribution is 2.60. The predicted molar refractivity (Wildman–Crippen MR) is 122 cm³/mol. The summed E-state index contributed by atoms with van der Waals surface area (Å²) in [7, 11) is 0. The Bertz CT molecular complexity index is 1100. The van der Waals surface area contributed by atoms with Crippen LogP contribution in [0.25, 0.3) is 0 Å². The summed E-state index contributed by atoms with van der Waals surface area (Å²) in [5, 5.41) is 1.65. The first-order valence-electron chi connectivity index (χ1n) is 10.8. The number of carbonyl (C=O) groups excluding carboxylic acids is 1. The third-order valence-corrected chi connectivity index (χ3v) is 7.25. The SMILES string of the molecule is CC1(C)C(=O)N(OCc2ccccc2)[C@@H]2N(Cc3ccccc3)c3ccccc3[C@]21C. The van der Waals surface area contributed by atoms with Gasteiger partial charge in [0.2, 0.25) is 0 Å². The van der Waals surface area contributed by atoms with Gasteiger partial charge in [0.1, 0.15) is 12.8 Å². The van der Waals surface area contributed by atoms with Crippen molar-refractivity contribution < 1.29 is 9.63 Å². The minimum Gasteiger partial charge on any atom is -0.344 e. The fraction of sp³-hybridized carbons (Fsp3) is 0.296. The van der Waals surface area contributed by atoms with Crippen molar-refractivity contribution in [2.45, 2.75) is 45.5 Å². The molecule has 1 fully saturated rings. The second-order valence-corrected chi connectivity index (χ2v) is 9.22. The van der Waals surface area contributed by atoms with E-state index in [1.54, 1.807) is 5.06 Å². The van der Waals surface area contributed by atoms with E-state index in [2.05, 4.69) is 74.2 Å². The summed E-state index contributed by atoms with van der Waals surface area (Å²) in [5.74, 6) is 0.0310. The molecule has 0 aliphatic carbocycles. The zero-order chi connectivity index (χ0) is 21.6. The van der Waals surface area contributed by atoms with Crippen LogP contribution in [0.15, 0.2) is 84.9 Å². The number of nitrogens with zero attached hydrogens (tertiary/aromatic N) is 2. The summed E-state index contributed by atoms with van der Waals surface area (Å²) >= 11 is 0. The first-order valence-corrected chi connectivity index (χ1v) is 10.8. The number of anilines is 1. The van der Waals surface area contributed by atoms with Gasteiger partial charge >= 0.3 is 0 Å². The smallest absolute Gasteiger partial charge is 0.254 e. The highest BCUT2D eigenvalue weighted by Gasteiger charge is 2.68. The molecule has 158 valence electrons. The second kappa shape index (κ2) is 7.24. The molecule has 2 heterocycles. The Labute approximate surface area is 184 Å². The van der Waals surface area contributed by atoms with E-state index in [0.717, 1.165) is 5.56 Å². The van der Waals surface area contributed by atoms with Crippen LogP contribution in [-0.2, 0) is 28.2 Å². The van der Waals surface area contributed by atoms with Crippen LogP contribution >= 0.6 is 0 Å². The molecule has 0 saturated carbocycles. The van der Waals surface area contributed by atoms with Gasteiger partial charge in [-0.15, -0.1) is 0 Å². The van der Waals surface area contributed by atoms with Crippen molar-refractivity contribution in [2.75, 3.05) is 4.90 Å². The van der Waals surface area contributed by atoms with E-state index in [1.165, 1.54) is 16.8 Å². The second-order valence-electron chi connectivity index (χ2n) is 9.22. The molecule has 3 aromatic rings. The number of hydroxylamine groups is 2. The molecule has 2 aliphatic heterocycles. The van der Waals surface area contributed by atoms with E-state index in [-0.39, 0.29) is 12.1 Å². The van der Waals surface area contributed by atoms with E-state index < -0.39 is 10.8 Å². The molecule has 0 unspecified atom stereocenters. The van der Waals surface area contributed by atoms with Crippen LogP contribution in [0.1, 0.15) is 37.5 Å². The van der Waals surface area contributed by atoms with Gasteiger partial charge in [0.25, 0.3) is 5.91 Å². The first kappa shape index (κ1) is 19.8. The maximum Gasteiger partial charge on any atom is 0.254 e. The highest BCUT2D eigenvalue weighted by molar-refractivity contribution is 5.90. The van der Waals surface area contributed by atoms with Crippen molar-refractivity contribution in [1.82, 2.24) is 5.06 Å². The number of para-hydroxylation sites is 1. The van der Waals surface area contributed by atoms with Crippen molar-refractivity contribution >= 4 is 11.6 Å². The lowest BCUT2D eigenvalue weighted by Gasteiger charge is -2.38. The van der Waals surface area contributed by atoms with E-state index in [9.17, 15) is 4.79 Å². The maximum absolute atomic E-state index is 13.6. The van der Waals surface area contributed by atoms with Gasteiger partial charge in [-0.25, -0.2) is 0 Å². The Kier molecular flexibility index (Phi) is 4.63. The zero-order valence-corrected chi connectivity index (χ0v) is 18.3. The number of carbonyl (C=O) groups is 1. The van der Waals surface area contributed by atoms with Gasteiger partial charge in [0, 0.05) is 17.6 Å². The Morgan fingerprint density at radius 2 is 1.39 bits per heavy atom. The van der Waals surface area contributed by atoms with Crippen LogP contribution in [-0.4, -0.2) is 17.1 Å². The van der Waals surface area contributed by atoms with Gasteiger partial charge in [-0.1, -0.05) is 85.8 Å². The third kappa shape index (κ3) is 2.89. The molecular weight excluding hydrogens is 384 g/mol. The molecule has 5 rings (SSSR count). The van der Waals surface area contributed by atoms with Crippen LogP contribution in [0, 0.1) is 5.41 Å². The third-order valence-electron chi connectivity index (χ3n) is 7.25. The minimum atomic E-state index is -0.601. The van der Waals surface area contributed by atoms with E-state index >= 15 is 0 Å². The number of hydrogen-bond acceptors (Lipinski definition) is 3. The Balaban J connectivity index is 1.57. The van der Waals surface area contributed by atoms with Crippen molar-refractivity contribution in [1.29, 1.82) is 0 Å². The number of amides is 1. The molecule has 3 aromatic carbocycles. The standard InChI is InChI=1S/C27H28N2O2/c1-26(2)25(30)29(31-19-21-14-8-5-9-15-21)24-27(26,3)22-16-10-11-17-23(22)28(24)18-20-12-6-4-7-13-20/h4-17,24H,18-19H2,1-3H3/t24-,27+/m0/s1. The molecular formula is C27H28N2O2. The lowest BCUT2D eigenvalue weighted by molar-refractivity contribution is -0.198. The molecule has 0 bridgehead atoms. The number of benzene rings is 3. The molecule has 0 spiro atoms. The fourth-order valence-corrected chi connectivity index (χ4v) is 5.17. The largest absolute Gasteiger partial charge is 0.344 e. The van der Waals surface area contributed by atoms with Crippen molar-refractivity contribution in [3.8, 4) is 0 Å². The van der Waals surface area contributed by atoms with Crippen LogP contribution < -0.4 is 4.90 Å². The summed E-state index contributed by atoms with van der Waals surface area (Å²) in [6.07, 6.45) is -0.212. The maximum atomic E-state index is 13.6. The van der Waals surface area contributed by atoms with Crippen molar-refractivity contribution in [3.63, 3.8) is 0 Å². The van der Waals surface area contributed by atoms with Gasteiger partial charge < -0.3 is 4.90 Å². The molecule has 2 aliphatic rings. The molecule has 31 heavy (non-hydrogen) atoms. The molecule has 4 heteroatoms. The lowest BCUT2D eigenvalue weighted by atomic mass is 9.65. The summed E-state index contributed by atoms with van der Waals surface area (Å²) in [4.78, 5) is 22.2. The fourth-order valence-electron chi connectivity index (χ4n) is 5.17. The van der Waals surface area contributed by atoms with Gasteiger partial charge in [0.15, 0.2) is 0 Å². The minimum absolute atomic E-state index is 0.0310. The van der Waals surface area contributed by atoms with E-state index in [0.29, 0.717) is 13.2 Å². The van der Waals surface area contributed by atoms with Gasteiger partial charge in [-0.3, -0.25) is 9.63 Å². The summed E-state index contributed by atoms with van der Waals surface area (Å²) in [6.45, 7) is 7.40. The van der Waals surface area contributed by atoms with Crippen LogP contribution in [0.4, 0.5) is 5.69 Å². The normalized spacial score (nSPS) is 23.7. The zero-order valence-electron chi connectivity index (χ0n) is 18.3. The van der Waals surface area contributed by atoms with Crippen molar-refractivity contribution in [3.05, 3.63) is 102 Å². The lowest BCUT2D eigenvalue weighted by Crippen LogP contribution is -2.50. The summed E-state index contributed by atoms with van der Waals surface area (Å²) in [6, 6.07) is 28.9. The molecule has 1 amide bonds. The molecule has 4 nitrogen and oxygen atoms in total. The average molecular weight is 413 g/mol. The highest BCUT2D eigenvalue weighted by atomic mass is 16.7. The van der Waals surface area contributed by atoms with Gasteiger partial charge in [0.05, 0.1) is 5.41 Å². The first-order chi connectivity index (χ1) is 14.9. The van der Waals surface area contributed by atoms with Gasteiger partial charge in [-0.05, 0) is 36.6 Å². The molecule has 0 N–H and O–H groups in total. The quantitative estimate of drug-likeness (QED) is 0.571. The number of hydrogen-bond donors (Lipinski definition) is 0. The van der Waals surface area contributed by atoms with Crippen LogP contribution in [0.3, 0.4) is 0 Å². The monoisotopic (exact) mass is 412 g/mol. The summed E-state index contributed by atoms with van der Waals surface area (Å²) < 4.78 is 0. The summed E-state index contributed by atoms with van der Waals surface area (Å²) in [5.41, 5.74) is 3.64. The van der Waals surface area contributed by atoms with Crippen LogP contribution in [0.2, 0.25) is 0 Å². The predicted octanol–water partition coefficient (Wildman–Crippen LogP) is 5.29. The Morgan fingerprint density at radius 1 is 0.806 bits per heavy atom. The van der Waals surface area contributed by atoms with Crippen LogP contribution in [0.5, 0.6) is 0 Å². The Hall–Kier alpha value is -3.11. The van der Waals surface area contributed by atoms with E-state index in [4.69, 9.17) is 4.84 Å². The number of fused-ring (bicyclic) bond motifs is 3. The van der Waals surface area contributed by atoms with Gasteiger partial charge in [-0.2, -0.15) is 5.06 Å². The molecule has 1 saturated heterocycles. The Morgan fingerprint density at radius 3 is 2.06 bits per heavy atom. The number of rotatable bonds is 5.